The maximum atomic E-state index is 13.4. The lowest BCUT2D eigenvalue weighted by molar-refractivity contribution is 0.00726. The smallest absolute Gasteiger partial charge is 0.145 e. The molecule has 0 bridgehead atoms. The molecule has 0 saturated carbocycles. The number of hydrogen-bond acceptors (Lipinski definition) is 2. The van der Waals surface area contributed by atoms with E-state index < -0.39 is 11.4 Å². The molecule has 0 aromatic heterocycles. The molecule has 0 aliphatic rings. The number of ether oxygens (including phenoxy) is 1. The molecule has 0 aliphatic carbocycles. The average molecular weight is 360 g/mol. The Bertz CT molecular complexity index is 602. The maximum absolute atomic E-state index is 13.4. The van der Waals surface area contributed by atoms with Crippen LogP contribution in [-0.4, -0.2) is 11.7 Å². The van der Waals surface area contributed by atoms with Crippen molar-refractivity contribution in [3.63, 3.8) is 0 Å². The molecule has 1 unspecified atom stereocenters. The standard InChI is InChI=1S/C15H13BrClFO2/c1-15(19,10-5-3-2-4-6-10)9-20-14-8-13(18)12(17)7-11(14)16/h2-8,19H,9H2,1H3. The zero-order valence-corrected chi connectivity index (χ0v) is 13.1. The van der Waals surface area contributed by atoms with Gasteiger partial charge in [-0.3, -0.25) is 0 Å². The van der Waals surface area contributed by atoms with Crippen LogP contribution in [0.4, 0.5) is 4.39 Å². The molecule has 0 heterocycles. The highest BCUT2D eigenvalue weighted by Gasteiger charge is 2.24. The third-order valence-electron chi connectivity index (χ3n) is 2.88. The molecule has 0 radical (unpaired) electrons. The Morgan fingerprint density at radius 2 is 1.95 bits per heavy atom. The van der Waals surface area contributed by atoms with Crippen LogP contribution >= 0.6 is 27.5 Å². The van der Waals surface area contributed by atoms with E-state index in [0.717, 1.165) is 5.56 Å². The van der Waals surface area contributed by atoms with Gasteiger partial charge in [0, 0.05) is 6.07 Å². The summed E-state index contributed by atoms with van der Waals surface area (Å²) in [6.07, 6.45) is 0. The van der Waals surface area contributed by atoms with E-state index >= 15 is 0 Å². The first kappa shape index (κ1) is 15.3. The highest BCUT2D eigenvalue weighted by Crippen LogP contribution is 2.32. The van der Waals surface area contributed by atoms with Gasteiger partial charge in [0.2, 0.25) is 0 Å². The molecule has 2 rings (SSSR count). The van der Waals surface area contributed by atoms with Crippen LogP contribution in [0.2, 0.25) is 5.02 Å². The van der Waals surface area contributed by atoms with E-state index in [4.69, 9.17) is 16.3 Å². The van der Waals surface area contributed by atoms with Gasteiger partial charge in [0.25, 0.3) is 0 Å². The van der Waals surface area contributed by atoms with Crippen molar-refractivity contribution in [2.24, 2.45) is 0 Å². The fraction of sp³-hybridized carbons (Fsp3) is 0.200. The second-order valence-corrected chi connectivity index (χ2v) is 5.89. The Morgan fingerprint density at radius 3 is 2.60 bits per heavy atom. The Kier molecular flexibility index (Phi) is 4.68. The van der Waals surface area contributed by atoms with Crippen LogP contribution in [0.25, 0.3) is 0 Å². The van der Waals surface area contributed by atoms with Crippen LogP contribution in [0, 0.1) is 5.82 Å². The molecule has 0 spiro atoms. The van der Waals surface area contributed by atoms with Crippen molar-refractivity contribution in [1.82, 2.24) is 0 Å². The van der Waals surface area contributed by atoms with Gasteiger partial charge in [-0.2, -0.15) is 0 Å². The topological polar surface area (TPSA) is 29.5 Å². The largest absolute Gasteiger partial charge is 0.489 e. The highest BCUT2D eigenvalue weighted by atomic mass is 79.9. The first-order valence-electron chi connectivity index (χ1n) is 5.95. The second kappa shape index (κ2) is 6.12. The zero-order valence-electron chi connectivity index (χ0n) is 10.7. The molecule has 20 heavy (non-hydrogen) atoms. The number of benzene rings is 2. The molecular weight excluding hydrogens is 347 g/mol. The van der Waals surface area contributed by atoms with Crippen LogP contribution in [0.5, 0.6) is 5.75 Å². The first-order chi connectivity index (χ1) is 9.40. The molecule has 1 N–H and O–H groups in total. The van der Waals surface area contributed by atoms with Gasteiger partial charge in [-0.1, -0.05) is 41.9 Å². The van der Waals surface area contributed by atoms with Crippen molar-refractivity contribution in [3.8, 4) is 5.75 Å². The summed E-state index contributed by atoms with van der Waals surface area (Å²) in [5, 5.41) is 10.4. The monoisotopic (exact) mass is 358 g/mol. The Hall–Kier alpha value is -1.10. The van der Waals surface area contributed by atoms with Gasteiger partial charge in [-0.05, 0) is 34.5 Å². The van der Waals surface area contributed by atoms with E-state index in [2.05, 4.69) is 15.9 Å². The van der Waals surface area contributed by atoms with Crippen LogP contribution < -0.4 is 4.74 Å². The van der Waals surface area contributed by atoms with Crippen LogP contribution in [-0.2, 0) is 5.60 Å². The highest BCUT2D eigenvalue weighted by molar-refractivity contribution is 9.10. The molecule has 5 heteroatoms. The van der Waals surface area contributed by atoms with Gasteiger partial charge in [-0.15, -0.1) is 0 Å². The van der Waals surface area contributed by atoms with Crippen molar-refractivity contribution < 1.29 is 14.2 Å². The fourth-order valence-corrected chi connectivity index (χ4v) is 2.47. The van der Waals surface area contributed by atoms with Crippen molar-refractivity contribution in [2.75, 3.05) is 6.61 Å². The summed E-state index contributed by atoms with van der Waals surface area (Å²) in [6.45, 7) is 1.64. The summed E-state index contributed by atoms with van der Waals surface area (Å²) in [4.78, 5) is 0. The lowest BCUT2D eigenvalue weighted by Gasteiger charge is -2.24. The molecule has 0 aliphatic heterocycles. The van der Waals surface area contributed by atoms with Gasteiger partial charge < -0.3 is 9.84 Å². The van der Waals surface area contributed by atoms with E-state index in [1.54, 1.807) is 19.1 Å². The first-order valence-corrected chi connectivity index (χ1v) is 7.12. The van der Waals surface area contributed by atoms with Gasteiger partial charge in [-0.25, -0.2) is 4.39 Å². The molecule has 0 amide bonds. The lowest BCUT2D eigenvalue weighted by Crippen LogP contribution is -2.29. The molecule has 0 fully saturated rings. The third-order valence-corrected chi connectivity index (χ3v) is 3.79. The number of rotatable bonds is 4. The van der Waals surface area contributed by atoms with Crippen molar-refractivity contribution in [2.45, 2.75) is 12.5 Å². The van der Waals surface area contributed by atoms with Crippen LogP contribution in [0.15, 0.2) is 46.9 Å². The number of aliphatic hydroxyl groups is 1. The Labute approximate surface area is 130 Å². The molecule has 2 nitrogen and oxygen atoms in total. The van der Waals surface area contributed by atoms with Crippen molar-refractivity contribution in [3.05, 3.63) is 63.3 Å². The van der Waals surface area contributed by atoms with Crippen molar-refractivity contribution >= 4 is 27.5 Å². The quantitative estimate of drug-likeness (QED) is 0.813. The van der Waals surface area contributed by atoms with Gasteiger partial charge >= 0.3 is 0 Å². The van der Waals surface area contributed by atoms with Crippen LogP contribution in [0.1, 0.15) is 12.5 Å². The number of halogens is 3. The number of hydrogen-bond donors (Lipinski definition) is 1. The summed E-state index contributed by atoms with van der Waals surface area (Å²) < 4.78 is 19.4. The van der Waals surface area contributed by atoms with Gasteiger partial charge in [0.1, 0.15) is 23.8 Å². The molecule has 2 aromatic carbocycles. The molecule has 1 atom stereocenters. The molecular formula is C15H13BrClFO2. The maximum Gasteiger partial charge on any atom is 0.145 e. The van der Waals surface area contributed by atoms with Crippen molar-refractivity contribution in [1.29, 1.82) is 0 Å². The minimum absolute atomic E-state index is 0.00329. The predicted octanol–water partition coefficient (Wildman–Crippen LogP) is 4.53. The summed E-state index contributed by atoms with van der Waals surface area (Å²) in [6, 6.07) is 11.8. The van der Waals surface area contributed by atoms with E-state index in [1.807, 2.05) is 18.2 Å². The Morgan fingerprint density at radius 1 is 1.30 bits per heavy atom. The molecule has 106 valence electrons. The predicted molar refractivity (Wildman–Crippen MR) is 80.6 cm³/mol. The summed E-state index contributed by atoms with van der Waals surface area (Å²) in [5.74, 6) is -0.271. The van der Waals surface area contributed by atoms with Gasteiger partial charge in [0.15, 0.2) is 0 Å². The molecule has 2 aromatic rings. The lowest BCUT2D eigenvalue weighted by atomic mass is 9.97. The minimum Gasteiger partial charge on any atom is -0.489 e. The third kappa shape index (κ3) is 3.51. The normalized spacial score (nSPS) is 13.8. The average Bonchev–Trinajstić information content (AvgIpc) is 2.42. The fourth-order valence-electron chi connectivity index (χ4n) is 1.71. The van der Waals surface area contributed by atoms with E-state index in [1.165, 1.54) is 12.1 Å². The second-order valence-electron chi connectivity index (χ2n) is 4.63. The zero-order chi connectivity index (χ0) is 14.8. The van der Waals surface area contributed by atoms with Gasteiger partial charge in [0.05, 0.1) is 9.50 Å². The summed E-state index contributed by atoms with van der Waals surface area (Å²) >= 11 is 8.91. The Balaban J connectivity index is 2.14. The van der Waals surface area contributed by atoms with E-state index in [-0.39, 0.29) is 11.6 Å². The minimum atomic E-state index is -1.17. The summed E-state index contributed by atoms with van der Waals surface area (Å²) in [7, 11) is 0. The summed E-state index contributed by atoms with van der Waals surface area (Å²) in [5.41, 5.74) is -0.442. The van der Waals surface area contributed by atoms with E-state index in [9.17, 15) is 9.50 Å². The molecule has 0 saturated heterocycles. The van der Waals surface area contributed by atoms with Crippen LogP contribution in [0.3, 0.4) is 0 Å². The SMILES string of the molecule is CC(O)(COc1cc(F)c(Cl)cc1Br)c1ccccc1. The van der Waals surface area contributed by atoms with E-state index in [0.29, 0.717) is 10.2 Å².